The molecule has 0 aromatic heterocycles. The van der Waals surface area contributed by atoms with E-state index in [1.165, 1.54) is 7.11 Å². The van der Waals surface area contributed by atoms with Gasteiger partial charge in [-0.05, 0) is 19.4 Å². The minimum absolute atomic E-state index is 0.335. The molecule has 5 atom stereocenters. The van der Waals surface area contributed by atoms with E-state index in [0.717, 1.165) is 5.56 Å². The van der Waals surface area contributed by atoms with E-state index in [2.05, 4.69) is 0 Å². The van der Waals surface area contributed by atoms with Crippen LogP contribution in [0.3, 0.4) is 0 Å². The summed E-state index contributed by atoms with van der Waals surface area (Å²) in [5.74, 6) is -0.764. The van der Waals surface area contributed by atoms with Crippen molar-refractivity contribution in [3.63, 3.8) is 0 Å². The molecule has 0 amide bonds. The van der Waals surface area contributed by atoms with Crippen LogP contribution in [0, 0.1) is 0 Å². The molecule has 6 heteroatoms. The van der Waals surface area contributed by atoms with Gasteiger partial charge in [0.05, 0.1) is 13.2 Å². The lowest BCUT2D eigenvalue weighted by molar-refractivity contribution is -0.276. The highest BCUT2D eigenvalue weighted by atomic mass is 16.8. The van der Waals surface area contributed by atoms with Crippen molar-refractivity contribution in [1.82, 2.24) is 0 Å². The number of aliphatic hydroxyl groups is 1. The molecule has 2 heterocycles. The van der Waals surface area contributed by atoms with Crippen LogP contribution in [0.4, 0.5) is 0 Å². The van der Waals surface area contributed by atoms with E-state index in [1.807, 2.05) is 44.2 Å². The molecule has 3 rings (SSSR count). The largest absolute Gasteiger partial charge is 0.385 e. The summed E-state index contributed by atoms with van der Waals surface area (Å²) >= 11 is 0. The second-order valence-corrected chi connectivity index (χ2v) is 6.33. The van der Waals surface area contributed by atoms with Crippen LogP contribution in [0.2, 0.25) is 0 Å². The summed E-state index contributed by atoms with van der Waals surface area (Å²) in [7, 11) is 1.50. The highest BCUT2D eigenvalue weighted by molar-refractivity contribution is 5.13. The number of aliphatic hydroxyl groups excluding tert-OH is 1. The molecule has 0 radical (unpaired) electrons. The van der Waals surface area contributed by atoms with Gasteiger partial charge in [-0.1, -0.05) is 30.3 Å². The van der Waals surface area contributed by atoms with Crippen molar-refractivity contribution >= 4 is 0 Å². The standard InChI is InChI=1S/C17H24O6/c1-17(2)22-14-12(10-20-9-11-7-5-4-6-8-11)21-16(19-3)13(18)15(14)23-17/h4-8,12-16,18H,9-10H2,1-3H3/t12-,13-,14-,15+,16+/m1/s1. The van der Waals surface area contributed by atoms with Crippen LogP contribution in [0.1, 0.15) is 19.4 Å². The fraction of sp³-hybridized carbons (Fsp3) is 0.647. The number of fused-ring (bicyclic) bond motifs is 1. The average molecular weight is 324 g/mol. The van der Waals surface area contributed by atoms with Crippen molar-refractivity contribution in [2.75, 3.05) is 13.7 Å². The van der Waals surface area contributed by atoms with E-state index in [0.29, 0.717) is 13.2 Å². The Morgan fingerprint density at radius 2 is 1.83 bits per heavy atom. The molecule has 23 heavy (non-hydrogen) atoms. The van der Waals surface area contributed by atoms with Gasteiger partial charge in [-0.2, -0.15) is 0 Å². The Hall–Kier alpha value is -1.02. The van der Waals surface area contributed by atoms with Crippen molar-refractivity contribution in [2.24, 2.45) is 0 Å². The van der Waals surface area contributed by atoms with Gasteiger partial charge in [0.15, 0.2) is 12.1 Å². The molecule has 2 saturated heterocycles. The summed E-state index contributed by atoms with van der Waals surface area (Å²) in [6.07, 6.45) is -2.88. The third-order valence-corrected chi connectivity index (χ3v) is 4.08. The maximum atomic E-state index is 10.3. The minimum atomic E-state index is -0.892. The van der Waals surface area contributed by atoms with Crippen LogP contribution in [0.25, 0.3) is 0 Å². The van der Waals surface area contributed by atoms with E-state index in [9.17, 15) is 5.11 Å². The number of ether oxygens (including phenoxy) is 5. The SMILES string of the molecule is CO[C@H]1O[C@H](COCc2ccccc2)[C@H]2OC(C)(C)O[C@H]2[C@H]1O. The third-order valence-electron chi connectivity index (χ3n) is 4.08. The summed E-state index contributed by atoms with van der Waals surface area (Å²) in [4.78, 5) is 0. The number of methoxy groups -OCH3 is 1. The van der Waals surface area contributed by atoms with Gasteiger partial charge in [-0.3, -0.25) is 0 Å². The van der Waals surface area contributed by atoms with Gasteiger partial charge >= 0.3 is 0 Å². The topological polar surface area (TPSA) is 66.4 Å². The Labute approximate surface area is 136 Å². The number of hydrogen-bond acceptors (Lipinski definition) is 6. The molecule has 2 aliphatic heterocycles. The Morgan fingerprint density at radius 3 is 2.52 bits per heavy atom. The van der Waals surface area contributed by atoms with E-state index in [1.54, 1.807) is 0 Å². The first kappa shape index (κ1) is 16.8. The van der Waals surface area contributed by atoms with Crippen LogP contribution in [0.5, 0.6) is 0 Å². The maximum Gasteiger partial charge on any atom is 0.186 e. The summed E-state index contributed by atoms with van der Waals surface area (Å²) in [5.41, 5.74) is 1.09. The molecular formula is C17H24O6. The first-order valence-electron chi connectivity index (χ1n) is 7.84. The Morgan fingerprint density at radius 1 is 1.13 bits per heavy atom. The van der Waals surface area contributed by atoms with Crippen LogP contribution < -0.4 is 0 Å². The summed E-state index contributed by atoms with van der Waals surface area (Å²) in [5, 5.41) is 10.3. The van der Waals surface area contributed by atoms with Crippen LogP contribution in [-0.2, 0) is 30.3 Å². The van der Waals surface area contributed by atoms with E-state index in [-0.39, 0.29) is 12.2 Å². The number of benzene rings is 1. The molecule has 1 N–H and O–H groups in total. The fourth-order valence-corrected chi connectivity index (χ4v) is 3.05. The molecule has 2 fully saturated rings. The van der Waals surface area contributed by atoms with Gasteiger partial charge < -0.3 is 28.8 Å². The van der Waals surface area contributed by atoms with Crippen molar-refractivity contribution in [1.29, 1.82) is 0 Å². The Bertz CT molecular complexity index is 505. The first-order valence-corrected chi connectivity index (χ1v) is 7.84. The zero-order chi connectivity index (χ0) is 16.4. The normalized spacial score (nSPS) is 35.9. The second-order valence-electron chi connectivity index (χ2n) is 6.33. The van der Waals surface area contributed by atoms with E-state index < -0.39 is 24.3 Å². The van der Waals surface area contributed by atoms with Gasteiger partial charge in [0.2, 0.25) is 0 Å². The smallest absolute Gasteiger partial charge is 0.186 e. The van der Waals surface area contributed by atoms with Crippen molar-refractivity contribution < 1.29 is 28.8 Å². The molecule has 0 bridgehead atoms. The summed E-state index contributed by atoms with van der Waals surface area (Å²) < 4.78 is 28.5. The lowest BCUT2D eigenvalue weighted by atomic mass is 9.99. The predicted molar refractivity (Wildman–Crippen MR) is 81.6 cm³/mol. The molecular weight excluding hydrogens is 300 g/mol. The zero-order valence-electron chi connectivity index (χ0n) is 13.7. The molecule has 1 aromatic carbocycles. The number of rotatable bonds is 5. The molecule has 1 aromatic rings. The molecule has 6 nitrogen and oxygen atoms in total. The highest BCUT2D eigenvalue weighted by Gasteiger charge is 2.55. The molecule has 0 spiro atoms. The van der Waals surface area contributed by atoms with Crippen LogP contribution in [0.15, 0.2) is 30.3 Å². The third kappa shape index (κ3) is 3.74. The molecule has 0 unspecified atom stereocenters. The molecule has 2 aliphatic rings. The van der Waals surface area contributed by atoms with E-state index in [4.69, 9.17) is 23.7 Å². The van der Waals surface area contributed by atoms with Gasteiger partial charge in [0.25, 0.3) is 0 Å². The molecule has 0 aliphatic carbocycles. The van der Waals surface area contributed by atoms with Gasteiger partial charge in [0.1, 0.15) is 24.4 Å². The van der Waals surface area contributed by atoms with Crippen molar-refractivity contribution in [3.8, 4) is 0 Å². The van der Waals surface area contributed by atoms with Gasteiger partial charge in [0, 0.05) is 7.11 Å². The fourth-order valence-electron chi connectivity index (χ4n) is 3.05. The van der Waals surface area contributed by atoms with Crippen LogP contribution in [-0.4, -0.2) is 55.3 Å². The lowest BCUT2D eigenvalue weighted by Crippen LogP contribution is -2.57. The summed E-state index contributed by atoms with van der Waals surface area (Å²) in [6.45, 7) is 4.47. The monoisotopic (exact) mass is 324 g/mol. The predicted octanol–water partition coefficient (Wildman–Crippen LogP) is 1.46. The van der Waals surface area contributed by atoms with Crippen molar-refractivity contribution in [2.45, 2.75) is 56.9 Å². The molecule has 128 valence electrons. The van der Waals surface area contributed by atoms with Gasteiger partial charge in [-0.15, -0.1) is 0 Å². The van der Waals surface area contributed by atoms with Crippen LogP contribution >= 0.6 is 0 Å². The van der Waals surface area contributed by atoms with E-state index >= 15 is 0 Å². The Kier molecular flexibility index (Phi) is 5.01. The average Bonchev–Trinajstić information content (AvgIpc) is 2.87. The minimum Gasteiger partial charge on any atom is -0.385 e. The quantitative estimate of drug-likeness (QED) is 0.884. The summed E-state index contributed by atoms with van der Waals surface area (Å²) in [6, 6.07) is 9.92. The number of hydrogen-bond donors (Lipinski definition) is 1. The molecule has 0 saturated carbocycles. The first-order chi connectivity index (χ1) is 11.0. The lowest BCUT2D eigenvalue weighted by Gasteiger charge is -2.39. The maximum absolute atomic E-state index is 10.3. The van der Waals surface area contributed by atoms with Gasteiger partial charge in [-0.25, -0.2) is 0 Å². The van der Waals surface area contributed by atoms with Crippen molar-refractivity contribution in [3.05, 3.63) is 35.9 Å². The highest BCUT2D eigenvalue weighted by Crippen LogP contribution is 2.37. The zero-order valence-corrected chi connectivity index (χ0v) is 13.7. The second kappa shape index (κ2) is 6.84. The Balaban J connectivity index is 1.63.